The van der Waals surface area contributed by atoms with Crippen LogP contribution in [0.3, 0.4) is 0 Å². The summed E-state index contributed by atoms with van der Waals surface area (Å²) < 4.78 is 3.58. The Labute approximate surface area is 118 Å². The third-order valence-electron chi connectivity index (χ3n) is 2.75. The standard InChI is InChI=1S/C13H10BrN3S/c1-8-6-10-12(15-7-8)17(13(18)16-10)11-5-3-2-4-9(11)14/h2-7H,1H3,(H,16,18). The molecule has 0 saturated heterocycles. The molecule has 90 valence electrons. The number of hydrogen-bond acceptors (Lipinski definition) is 2. The van der Waals surface area contributed by atoms with Gasteiger partial charge in [0.05, 0.1) is 11.2 Å². The molecule has 2 aromatic heterocycles. The van der Waals surface area contributed by atoms with Gasteiger partial charge < -0.3 is 4.98 Å². The number of nitrogens with one attached hydrogen (secondary N) is 1. The third kappa shape index (κ3) is 1.79. The lowest BCUT2D eigenvalue weighted by Crippen LogP contribution is -1.96. The van der Waals surface area contributed by atoms with Crippen LogP contribution in [0.4, 0.5) is 0 Å². The highest BCUT2D eigenvalue weighted by molar-refractivity contribution is 9.10. The van der Waals surface area contributed by atoms with E-state index in [2.05, 4.69) is 25.9 Å². The van der Waals surface area contributed by atoms with Crippen molar-refractivity contribution in [2.24, 2.45) is 0 Å². The van der Waals surface area contributed by atoms with Gasteiger partial charge >= 0.3 is 0 Å². The molecule has 0 aliphatic rings. The monoisotopic (exact) mass is 319 g/mol. The molecule has 0 unspecified atom stereocenters. The molecule has 0 fully saturated rings. The number of aromatic amines is 1. The van der Waals surface area contributed by atoms with Crippen LogP contribution >= 0.6 is 28.1 Å². The van der Waals surface area contributed by atoms with Crippen LogP contribution in [0.1, 0.15) is 5.56 Å². The average molecular weight is 320 g/mol. The molecule has 5 heteroatoms. The van der Waals surface area contributed by atoms with E-state index in [1.807, 2.05) is 48.0 Å². The summed E-state index contributed by atoms with van der Waals surface area (Å²) >= 11 is 8.93. The maximum Gasteiger partial charge on any atom is 0.184 e. The number of hydrogen-bond donors (Lipinski definition) is 1. The van der Waals surface area contributed by atoms with Crippen LogP contribution < -0.4 is 0 Å². The summed E-state index contributed by atoms with van der Waals surface area (Å²) in [7, 11) is 0. The zero-order valence-electron chi connectivity index (χ0n) is 9.64. The fourth-order valence-corrected chi connectivity index (χ4v) is 2.71. The summed E-state index contributed by atoms with van der Waals surface area (Å²) in [5.41, 5.74) is 3.90. The van der Waals surface area contributed by atoms with Gasteiger partial charge in [0.15, 0.2) is 10.4 Å². The zero-order valence-corrected chi connectivity index (χ0v) is 12.0. The molecule has 0 atom stereocenters. The van der Waals surface area contributed by atoms with E-state index in [1.54, 1.807) is 0 Å². The maximum absolute atomic E-state index is 5.38. The number of imidazole rings is 1. The molecule has 1 N–H and O–H groups in total. The molecule has 2 heterocycles. The van der Waals surface area contributed by atoms with E-state index in [4.69, 9.17) is 12.2 Å². The zero-order chi connectivity index (χ0) is 12.7. The minimum atomic E-state index is 0.648. The number of nitrogens with zero attached hydrogens (tertiary/aromatic N) is 2. The molecule has 3 nitrogen and oxygen atoms in total. The number of para-hydroxylation sites is 1. The first kappa shape index (κ1) is 11.6. The van der Waals surface area contributed by atoms with Crippen molar-refractivity contribution in [1.29, 1.82) is 0 Å². The summed E-state index contributed by atoms with van der Waals surface area (Å²) in [4.78, 5) is 7.65. The van der Waals surface area contributed by atoms with Gasteiger partial charge in [0.2, 0.25) is 0 Å². The molecule has 0 aliphatic carbocycles. The molecule has 0 bridgehead atoms. The van der Waals surface area contributed by atoms with Crippen LogP contribution in [0.15, 0.2) is 41.0 Å². The summed E-state index contributed by atoms with van der Waals surface area (Å²) in [5, 5.41) is 0. The normalized spacial score (nSPS) is 11.0. The van der Waals surface area contributed by atoms with E-state index >= 15 is 0 Å². The Hall–Kier alpha value is -1.46. The lowest BCUT2D eigenvalue weighted by Gasteiger charge is -2.06. The van der Waals surface area contributed by atoms with Crippen molar-refractivity contribution in [2.75, 3.05) is 0 Å². The molecule has 0 amide bonds. The Morgan fingerprint density at radius 2 is 2.11 bits per heavy atom. The number of benzene rings is 1. The van der Waals surface area contributed by atoms with Crippen LogP contribution in [0.25, 0.3) is 16.9 Å². The number of fused-ring (bicyclic) bond motifs is 1. The maximum atomic E-state index is 5.38. The fraction of sp³-hybridized carbons (Fsp3) is 0.0769. The molecule has 0 saturated carbocycles. The van der Waals surface area contributed by atoms with E-state index < -0.39 is 0 Å². The summed E-state index contributed by atoms with van der Waals surface area (Å²) in [6.07, 6.45) is 1.85. The van der Waals surface area contributed by atoms with Crippen LogP contribution in [0.5, 0.6) is 0 Å². The van der Waals surface area contributed by atoms with E-state index in [-0.39, 0.29) is 0 Å². The second kappa shape index (κ2) is 4.33. The number of aromatic nitrogens is 3. The highest BCUT2D eigenvalue weighted by Gasteiger charge is 2.09. The smallest absolute Gasteiger partial charge is 0.184 e. The van der Waals surface area contributed by atoms with Crippen molar-refractivity contribution >= 4 is 39.3 Å². The number of rotatable bonds is 1. The van der Waals surface area contributed by atoms with E-state index in [9.17, 15) is 0 Å². The van der Waals surface area contributed by atoms with Gasteiger partial charge in [0, 0.05) is 10.7 Å². The van der Waals surface area contributed by atoms with Crippen LogP contribution in [0, 0.1) is 11.7 Å². The molecule has 0 spiro atoms. The molecule has 18 heavy (non-hydrogen) atoms. The lowest BCUT2D eigenvalue weighted by molar-refractivity contribution is 1.04. The Kier molecular flexibility index (Phi) is 2.80. The Bertz CT molecular complexity index is 788. The predicted molar refractivity (Wildman–Crippen MR) is 78.7 cm³/mol. The first-order valence-electron chi connectivity index (χ1n) is 5.49. The SMILES string of the molecule is Cc1cnc2c(c1)[nH]c(=S)n2-c1ccccc1Br. The lowest BCUT2D eigenvalue weighted by atomic mass is 10.3. The van der Waals surface area contributed by atoms with Gasteiger partial charge in [0.1, 0.15) is 0 Å². The number of halogens is 1. The molecule has 1 aromatic carbocycles. The van der Waals surface area contributed by atoms with Crippen molar-refractivity contribution in [3.63, 3.8) is 0 Å². The summed E-state index contributed by atoms with van der Waals surface area (Å²) in [6, 6.07) is 10.0. The van der Waals surface area contributed by atoms with Gasteiger partial charge in [-0.05, 0) is 58.8 Å². The first-order valence-corrected chi connectivity index (χ1v) is 6.69. The molecular formula is C13H10BrN3S. The van der Waals surface area contributed by atoms with E-state index in [0.717, 1.165) is 26.9 Å². The summed E-state index contributed by atoms with van der Waals surface area (Å²) in [6.45, 7) is 2.01. The number of aryl methyl sites for hydroxylation is 1. The third-order valence-corrected chi connectivity index (χ3v) is 3.71. The van der Waals surface area contributed by atoms with E-state index in [1.165, 1.54) is 0 Å². The molecule has 3 rings (SSSR count). The Morgan fingerprint density at radius 1 is 1.33 bits per heavy atom. The minimum Gasteiger partial charge on any atom is -0.329 e. The first-order chi connectivity index (χ1) is 8.66. The fourth-order valence-electron chi connectivity index (χ4n) is 1.96. The van der Waals surface area contributed by atoms with E-state index in [0.29, 0.717) is 4.77 Å². The molecule has 0 radical (unpaired) electrons. The highest BCUT2D eigenvalue weighted by atomic mass is 79.9. The molecule has 0 aliphatic heterocycles. The second-order valence-corrected chi connectivity index (χ2v) is 5.34. The van der Waals surface area contributed by atoms with Gasteiger partial charge in [-0.25, -0.2) is 4.98 Å². The Balaban J connectivity index is 2.40. The number of pyridine rings is 1. The van der Waals surface area contributed by atoms with Crippen molar-refractivity contribution in [2.45, 2.75) is 6.92 Å². The second-order valence-electron chi connectivity index (χ2n) is 4.10. The van der Waals surface area contributed by atoms with Gasteiger partial charge in [-0.3, -0.25) is 4.57 Å². The minimum absolute atomic E-state index is 0.648. The summed E-state index contributed by atoms with van der Waals surface area (Å²) in [5.74, 6) is 0. The van der Waals surface area contributed by atoms with Gasteiger partial charge in [-0.2, -0.15) is 0 Å². The Morgan fingerprint density at radius 3 is 2.89 bits per heavy atom. The van der Waals surface area contributed by atoms with Crippen LogP contribution in [0.2, 0.25) is 0 Å². The molecule has 3 aromatic rings. The molecular weight excluding hydrogens is 310 g/mol. The van der Waals surface area contributed by atoms with Crippen molar-refractivity contribution < 1.29 is 0 Å². The van der Waals surface area contributed by atoms with Gasteiger partial charge in [-0.1, -0.05) is 12.1 Å². The number of H-pyrrole nitrogens is 1. The quantitative estimate of drug-likeness (QED) is 0.683. The topological polar surface area (TPSA) is 33.6 Å². The largest absolute Gasteiger partial charge is 0.329 e. The van der Waals surface area contributed by atoms with Crippen LogP contribution in [-0.2, 0) is 0 Å². The van der Waals surface area contributed by atoms with Crippen LogP contribution in [-0.4, -0.2) is 14.5 Å². The highest BCUT2D eigenvalue weighted by Crippen LogP contribution is 2.24. The van der Waals surface area contributed by atoms with Gasteiger partial charge in [0.25, 0.3) is 0 Å². The van der Waals surface area contributed by atoms with Crippen molar-refractivity contribution in [3.8, 4) is 5.69 Å². The average Bonchev–Trinajstić information content (AvgIpc) is 2.65. The van der Waals surface area contributed by atoms with Gasteiger partial charge in [-0.15, -0.1) is 0 Å². The van der Waals surface area contributed by atoms with Crippen molar-refractivity contribution in [3.05, 3.63) is 51.3 Å². The predicted octanol–water partition coefficient (Wildman–Crippen LogP) is 4.15. The van der Waals surface area contributed by atoms with Crippen molar-refractivity contribution in [1.82, 2.24) is 14.5 Å².